The Morgan fingerprint density at radius 3 is 2.68 bits per heavy atom. The highest BCUT2D eigenvalue weighted by Crippen LogP contribution is 2.48. The number of nitrogens with zero attached hydrogens (tertiary/aromatic N) is 1. The van der Waals surface area contributed by atoms with Crippen LogP contribution in [0.5, 0.6) is 0 Å². The number of amides is 1. The van der Waals surface area contributed by atoms with Crippen molar-refractivity contribution in [3.8, 4) is 0 Å². The first-order chi connectivity index (χ1) is 12.2. The summed E-state index contributed by atoms with van der Waals surface area (Å²) in [6, 6.07) is 14.3. The molecule has 0 radical (unpaired) electrons. The Morgan fingerprint density at radius 2 is 1.84 bits per heavy atom. The number of hydrogen-bond donors (Lipinski definition) is 1. The van der Waals surface area contributed by atoms with Gasteiger partial charge in [-0.05, 0) is 43.2 Å². The molecule has 1 N–H and O–H groups in total. The standard InChI is InChI=1S/C20H21ClN2OS/c21-14-10-11-19-17(12-14)23(16-8-4-5-9-18(16)25-19)20(24)13-22-15-6-2-1-3-7-15/h4-5,8-12,15,22H,1-3,6-7,13H2. The van der Waals surface area contributed by atoms with Crippen molar-refractivity contribution in [2.75, 3.05) is 11.4 Å². The van der Waals surface area contributed by atoms with Gasteiger partial charge in [0.05, 0.1) is 17.9 Å². The highest BCUT2D eigenvalue weighted by molar-refractivity contribution is 7.99. The second kappa shape index (κ2) is 7.40. The molecule has 1 aliphatic heterocycles. The summed E-state index contributed by atoms with van der Waals surface area (Å²) in [5.74, 6) is 0.0711. The number of hydrogen-bond acceptors (Lipinski definition) is 3. The molecule has 2 aromatic carbocycles. The normalized spacial score (nSPS) is 17.1. The Labute approximate surface area is 157 Å². The molecule has 1 amide bonds. The van der Waals surface area contributed by atoms with E-state index in [4.69, 9.17) is 11.6 Å². The Bertz CT molecular complexity index is 789. The van der Waals surface area contributed by atoms with E-state index < -0.39 is 0 Å². The third kappa shape index (κ3) is 3.57. The van der Waals surface area contributed by atoms with E-state index in [1.54, 1.807) is 11.8 Å². The van der Waals surface area contributed by atoms with Crippen LogP contribution >= 0.6 is 23.4 Å². The summed E-state index contributed by atoms with van der Waals surface area (Å²) in [4.78, 5) is 17.1. The highest BCUT2D eigenvalue weighted by Gasteiger charge is 2.28. The highest BCUT2D eigenvalue weighted by atomic mass is 35.5. The summed E-state index contributed by atoms with van der Waals surface area (Å²) < 4.78 is 0. The molecule has 0 aromatic heterocycles. The van der Waals surface area contributed by atoms with Crippen LogP contribution in [0.4, 0.5) is 11.4 Å². The molecule has 0 saturated heterocycles. The average molecular weight is 373 g/mol. The van der Waals surface area contributed by atoms with Crippen LogP contribution in [0.15, 0.2) is 52.3 Å². The Morgan fingerprint density at radius 1 is 1.08 bits per heavy atom. The molecule has 1 saturated carbocycles. The number of nitrogens with one attached hydrogen (secondary N) is 1. The smallest absolute Gasteiger partial charge is 0.245 e. The molecule has 3 nitrogen and oxygen atoms in total. The van der Waals surface area contributed by atoms with Crippen LogP contribution in [0, 0.1) is 0 Å². The van der Waals surface area contributed by atoms with Crippen molar-refractivity contribution in [1.29, 1.82) is 0 Å². The number of rotatable bonds is 3. The molecule has 2 aliphatic rings. The molecule has 2 aromatic rings. The van der Waals surface area contributed by atoms with Gasteiger partial charge in [0.2, 0.25) is 5.91 Å². The fraction of sp³-hybridized carbons (Fsp3) is 0.350. The number of anilines is 2. The summed E-state index contributed by atoms with van der Waals surface area (Å²) >= 11 is 7.90. The van der Waals surface area contributed by atoms with Gasteiger partial charge in [0, 0.05) is 20.9 Å². The summed E-state index contributed by atoms with van der Waals surface area (Å²) in [7, 11) is 0. The molecular weight excluding hydrogens is 352 g/mol. The van der Waals surface area contributed by atoms with Crippen molar-refractivity contribution in [2.24, 2.45) is 0 Å². The summed E-state index contributed by atoms with van der Waals surface area (Å²) in [6.07, 6.45) is 6.17. The first kappa shape index (κ1) is 17.0. The zero-order chi connectivity index (χ0) is 17.2. The summed E-state index contributed by atoms with van der Waals surface area (Å²) in [5.41, 5.74) is 1.82. The Balaban J connectivity index is 1.61. The third-order valence-electron chi connectivity index (χ3n) is 4.88. The van der Waals surface area contributed by atoms with Crippen molar-refractivity contribution < 1.29 is 4.79 Å². The van der Waals surface area contributed by atoms with Crippen molar-refractivity contribution in [2.45, 2.75) is 47.9 Å². The molecule has 5 heteroatoms. The maximum Gasteiger partial charge on any atom is 0.245 e. The van der Waals surface area contributed by atoms with Crippen LogP contribution in [0.2, 0.25) is 5.02 Å². The van der Waals surface area contributed by atoms with Crippen molar-refractivity contribution >= 4 is 40.6 Å². The fourth-order valence-corrected chi connectivity index (χ4v) is 4.82. The topological polar surface area (TPSA) is 32.3 Å². The van der Waals surface area contributed by atoms with E-state index in [2.05, 4.69) is 11.4 Å². The van der Waals surface area contributed by atoms with Crippen LogP contribution in [0.3, 0.4) is 0 Å². The zero-order valence-electron chi connectivity index (χ0n) is 14.0. The molecule has 4 rings (SSSR count). The summed E-state index contributed by atoms with van der Waals surface area (Å²) in [5, 5.41) is 4.11. The van der Waals surface area contributed by atoms with Gasteiger partial charge in [-0.3, -0.25) is 9.69 Å². The van der Waals surface area contributed by atoms with E-state index in [0.717, 1.165) is 21.2 Å². The predicted molar refractivity (Wildman–Crippen MR) is 104 cm³/mol. The van der Waals surface area contributed by atoms with E-state index in [0.29, 0.717) is 17.6 Å². The van der Waals surface area contributed by atoms with Gasteiger partial charge in [-0.1, -0.05) is 54.8 Å². The number of carbonyl (C=O) groups excluding carboxylic acids is 1. The number of fused-ring (bicyclic) bond motifs is 2. The molecule has 1 fully saturated rings. The fourth-order valence-electron chi connectivity index (χ4n) is 3.61. The molecule has 25 heavy (non-hydrogen) atoms. The van der Waals surface area contributed by atoms with Gasteiger partial charge in [0.15, 0.2) is 0 Å². The lowest BCUT2D eigenvalue weighted by Gasteiger charge is -2.32. The van der Waals surface area contributed by atoms with Crippen LogP contribution in [-0.2, 0) is 4.79 Å². The second-order valence-corrected chi connectivity index (χ2v) is 8.15. The van der Waals surface area contributed by atoms with E-state index in [9.17, 15) is 4.79 Å². The minimum absolute atomic E-state index is 0.0711. The summed E-state index contributed by atoms with van der Waals surface area (Å²) in [6.45, 7) is 0.357. The van der Waals surface area contributed by atoms with Gasteiger partial charge < -0.3 is 5.32 Å². The number of halogens is 1. The van der Waals surface area contributed by atoms with Crippen LogP contribution in [0.25, 0.3) is 0 Å². The largest absolute Gasteiger partial charge is 0.306 e. The van der Waals surface area contributed by atoms with Crippen LogP contribution < -0.4 is 10.2 Å². The van der Waals surface area contributed by atoms with Crippen LogP contribution in [-0.4, -0.2) is 18.5 Å². The van der Waals surface area contributed by atoms with Crippen LogP contribution in [0.1, 0.15) is 32.1 Å². The van der Waals surface area contributed by atoms with Gasteiger partial charge in [-0.25, -0.2) is 0 Å². The maximum absolute atomic E-state index is 13.1. The van der Waals surface area contributed by atoms with E-state index in [-0.39, 0.29) is 5.91 Å². The lowest BCUT2D eigenvalue weighted by molar-refractivity contribution is -0.117. The van der Waals surface area contributed by atoms with Gasteiger partial charge >= 0.3 is 0 Å². The van der Waals surface area contributed by atoms with Crippen molar-refractivity contribution in [3.63, 3.8) is 0 Å². The monoisotopic (exact) mass is 372 g/mol. The zero-order valence-corrected chi connectivity index (χ0v) is 15.6. The molecule has 1 aliphatic carbocycles. The number of benzene rings is 2. The first-order valence-electron chi connectivity index (χ1n) is 8.85. The SMILES string of the molecule is O=C(CNC1CCCCC1)N1c2ccccc2Sc2ccc(Cl)cc21. The van der Waals surface area contributed by atoms with Gasteiger partial charge in [-0.2, -0.15) is 0 Å². The van der Waals surface area contributed by atoms with Gasteiger partial charge in [-0.15, -0.1) is 0 Å². The Kier molecular flexibility index (Phi) is 5.02. The third-order valence-corrected chi connectivity index (χ3v) is 6.25. The minimum atomic E-state index is 0.0711. The predicted octanol–water partition coefficient (Wildman–Crippen LogP) is 5.39. The number of carbonyl (C=O) groups is 1. The van der Waals surface area contributed by atoms with E-state index >= 15 is 0 Å². The molecular formula is C20H21ClN2OS. The molecule has 1 heterocycles. The second-order valence-electron chi connectivity index (χ2n) is 6.63. The van der Waals surface area contributed by atoms with Gasteiger partial charge in [0.1, 0.15) is 0 Å². The quantitative estimate of drug-likeness (QED) is 0.783. The van der Waals surface area contributed by atoms with Gasteiger partial charge in [0.25, 0.3) is 0 Å². The lowest BCUT2D eigenvalue weighted by Crippen LogP contribution is -2.41. The minimum Gasteiger partial charge on any atom is -0.306 e. The van der Waals surface area contributed by atoms with E-state index in [1.165, 1.54) is 32.1 Å². The molecule has 0 bridgehead atoms. The average Bonchev–Trinajstić information content (AvgIpc) is 2.65. The van der Waals surface area contributed by atoms with Crippen molar-refractivity contribution in [1.82, 2.24) is 5.32 Å². The first-order valence-corrected chi connectivity index (χ1v) is 10.0. The van der Waals surface area contributed by atoms with Crippen molar-refractivity contribution in [3.05, 3.63) is 47.5 Å². The lowest BCUT2D eigenvalue weighted by atomic mass is 9.95. The molecule has 0 spiro atoms. The molecule has 0 atom stereocenters. The maximum atomic E-state index is 13.1. The molecule has 0 unspecified atom stereocenters. The Hall–Kier alpha value is -1.49. The number of para-hydroxylation sites is 1. The van der Waals surface area contributed by atoms with E-state index in [1.807, 2.05) is 41.3 Å². The molecule has 130 valence electrons.